The van der Waals surface area contributed by atoms with Crippen LogP contribution in [0.1, 0.15) is 5.69 Å². The molecule has 1 atom stereocenters. The number of carbonyl (C=O) groups is 2. The summed E-state index contributed by atoms with van der Waals surface area (Å²) in [5.41, 5.74) is 1.97. The van der Waals surface area contributed by atoms with Gasteiger partial charge in [-0.3, -0.25) is 10.1 Å². The fourth-order valence-corrected chi connectivity index (χ4v) is 2.07. The van der Waals surface area contributed by atoms with Gasteiger partial charge in [0.15, 0.2) is 0 Å². The number of benzene rings is 1. The molecule has 0 saturated carbocycles. The summed E-state index contributed by atoms with van der Waals surface area (Å²) in [6, 6.07) is 8.99. The zero-order valence-corrected chi connectivity index (χ0v) is 8.99. The molecule has 1 saturated heterocycles. The first-order valence-corrected chi connectivity index (χ1v) is 5.40. The van der Waals surface area contributed by atoms with Gasteiger partial charge in [-0.05, 0) is 17.5 Å². The molecule has 5 heteroatoms. The average molecular weight is 229 g/mol. The molecule has 0 unspecified atom stereocenters. The summed E-state index contributed by atoms with van der Waals surface area (Å²) >= 11 is 0. The lowest BCUT2D eigenvalue weighted by Crippen LogP contribution is -2.31. The summed E-state index contributed by atoms with van der Waals surface area (Å²) in [6.45, 7) is 0. The number of H-pyrrole nitrogens is 1. The van der Waals surface area contributed by atoms with E-state index in [9.17, 15) is 9.59 Å². The zero-order valence-electron chi connectivity index (χ0n) is 8.99. The smallest absolute Gasteiger partial charge is 0.322 e. The van der Waals surface area contributed by atoms with Crippen LogP contribution in [0.25, 0.3) is 10.9 Å². The Kier molecular flexibility index (Phi) is 2.11. The van der Waals surface area contributed by atoms with Gasteiger partial charge < -0.3 is 10.3 Å². The first-order valence-electron chi connectivity index (χ1n) is 5.40. The fraction of sp³-hybridized carbons (Fsp3) is 0.167. The second-order valence-corrected chi connectivity index (χ2v) is 4.10. The third-order valence-corrected chi connectivity index (χ3v) is 2.87. The molecule has 3 rings (SSSR count). The Balaban J connectivity index is 1.85. The van der Waals surface area contributed by atoms with Gasteiger partial charge in [-0.25, -0.2) is 4.79 Å². The molecule has 5 nitrogen and oxygen atoms in total. The first-order chi connectivity index (χ1) is 8.22. The summed E-state index contributed by atoms with van der Waals surface area (Å²) in [5.74, 6) is -0.270. The standard InChI is InChI=1S/C12H11N3O2/c16-11-10(14-12(17)15-11)6-8-5-7-3-1-2-4-9(7)13-8/h1-5,10,13H,6H2,(H2,14,15,16,17)/t10-/m0/s1. The van der Waals surface area contributed by atoms with Crippen LogP contribution in [0.5, 0.6) is 0 Å². The third-order valence-electron chi connectivity index (χ3n) is 2.87. The molecule has 3 amide bonds. The van der Waals surface area contributed by atoms with Crippen molar-refractivity contribution in [2.45, 2.75) is 12.5 Å². The predicted octanol–water partition coefficient (Wildman–Crippen LogP) is 0.918. The molecule has 86 valence electrons. The van der Waals surface area contributed by atoms with E-state index in [1.807, 2.05) is 30.3 Å². The van der Waals surface area contributed by atoms with Crippen LogP contribution in [-0.2, 0) is 11.2 Å². The molecule has 2 heterocycles. The van der Waals surface area contributed by atoms with Crippen LogP contribution in [0.4, 0.5) is 4.79 Å². The van der Waals surface area contributed by atoms with Gasteiger partial charge in [0.1, 0.15) is 6.04 Å². The van der Waals surface area contributed by atoms with Crippen LogP contribution in [0.3, 0.4) is 0 Å². The Morgan fingerprint density at radius 1 is 1.18 bits per heavy atom. The Labute approximate surface area is 97.2 Å². The quantitative estimate of drug-likeness (QED) is 0.670. The van der Waals surface area contributed by atoms with E-state index in [1.54, 1.807) is 0 Å². The molecule has 0 radical (unpaired) electrons. The number of carbonyl (C=O) groups excluding carboxylic acids is 2. The molecule has 0 spiro atoms. The number of aromatic nitrogens is 1. The molecule has 1 aromatic carbocycles. The zero-order chi connectivity index (χ0) is 11.8. The van der Waals surface area contributed by atoms with Crippen molar-refractivity contribution in [3.05, 3.63) is 36.0 Å². The number of amides is 3. The lowest BCUT2D eigenvalue weighted by Gasteiger charge is -2.04. The van der Waals surface area contributed by atoms with E-state index in [0.717, 1.165) is 16.6 Å². The molecule has 2 aromatic rings. The number of aromatic amines is 1. The summed E-state index contributed by atoms with van der Waals surface area (Å²) in [7, 11) is 0. The highest BCUT2D eigenvalue weighted by Crippen LogP contribution is 2.16. The van der Waals surface area contributed by atoms with Crippen LogP contribution in [0.2, 0.25) is 0 Å². The van der Waals surface area contributed by atoms with Crippen LogP contribution in [0, 0.1) is 0 Å². The van der Waals surface area contributed by atoms with Crippen molar-refractivity contribution in [3.63, 3.8) is 0 Å². The van der Waals surface area contributed by atoms with Crippen LogP contribution in [-0.4, -0.2) is 23.0 Å². The molecule has 1 aliphatic heterocycles. The van der Waals surface area contributed by atoms with E-state index in [1.165, 1.54) is 0 Å². The average Bonchev–Trinajstić information content (AvgIpc) is 2.82. The molecule has 17 heavy (non-hydrogen) atoms. The second kappa shape index (κ2) is 3.62. The Morgan fingerprint density at radius 3 is 2.71 bits per heavy atom. The van der Waals surface area contributed by atoms with Crippen molar-refractivity contribution in [1.29, 1.82) is 0 Å². The van der Waals surface area contributed by atoms with Crippen molar-refractivity contribution in [1.82, 2.24) is 15.6 Å². The highest BCUT2D eigenvalue weighted by Gasteiger charge is 2.29. The largest absolute Gasteiger partial charge is 0.358 e. The van der Waals surface area contributed by atoms with Crippen molar-refractivity contribution in [2.75, 3.05) is 0 Å². The number of para-hydroxylation sites is 1. The van der Waals surface area contributed by atoms with Crippen molar-refractivity contribution in [2.24, 2.45) is 0 Å². The highest BCUT2D eigenvalue weighted by molar-refractivity contribution is 6.04. The molecule has 1 aliphatic rings. The second-order valence-electron chi connectivity index (χ2n) is 4.10. The fourth-order valence-electron chi connectivity index (χ4n) is 2.07. The Morgan fingerprint density at radius 2 is 2.00 bits per heavy atom. The number of hydrogen-bond acceptors (Lipinski definition) is 2. The number of urea groups is 1. The molecular weight excluding hydrogens is 218 g/mol. The topological polar surface area (TPSA) is 74.0 Å². The predicted molar refractivity (Wildman–Crippen MR) is 62.5 cm³/mol. The van der Waals surface area contributed by atoms with E-state index in [0.29, 0.717) is 6.42 Å². The van der Waals surface area contributed by atoms with Crippen LogP contribution in [0.15, 0.2) is 30.3 Å². The summed E-state index contributed by atoms with van der Waals surface area (Å²) < 4.78 is 0. The molecule has 0 aliphatic carbocycles. The first kappa shape index (κ1) is 9.89. The van der Waals surface area contributed by atoms with Gasteiger partial charge in [-0.15, -0.1) is 0 Å². The number of fused-ring (bicyclic) bond motifs is 1. The van der Waals surface area contributed by atoms with E-state index >= 15 is 0 Å². The summed E-state index contributed by atoms with van der Waals surface area (Å²) in [6.07, 6.45) is 0.478. The maximum Gasteiger partial charge on any atom is 0.322 e. The van der Waals surface area contributed by atoms with Crippen LogP contribution >= 0.6 is 0 Å². The number of nitrogens with one attached hydrogen (secondary N) is 3. The third kappa shape index (κ3) is 1.75. The van der Waals surface area contributed by atoms with Gasteiger partial charge >= 0.3 is 6.03 Å². The van der Waals surface area contributed by atoms with Gasteiger partial charge in [0.05, 0.1) is 0 Å². The molecule has 1 fully saturated rings. The maximum atomic E-state index is 11.4. The number of rotatable bonds is 2. The minimum Gasteiger partial charge on any atom is -0.358 e. The SMILES string of the molecule is O=C1NC(=O)[C@H](Cc2cc3ccccc3[nH]2)N1. The molecule has 0 bridgehead atoms. The molecular formula is C12H11N3O2. The molecule has 1 aromatic heterocycles. The van der Waals surface area contributed by atoms with Gasteiger partial charge in [-0.2, -0.15) is 0 Å². The minimum absolute atomic E-state index is 0.270. The van der Waals surface area contributed by atoms with Crippen molar-refractivity contribution < 1.29 is 9.59 Å². The maximum absolute atomic E-state index is 11.4. The van der Waals surface area contributed by atoms with E-state index in [-0.39, 0.29) is 5.91 Å². The van der Waals surface area contributed by atoms with Gasteiger partial charge in [0, 0.05) is 17.6 Å². The Hall–Kier alpha value is -2.30. The summed E-state index contributed by atoms with van der Waals surface area (Å²) in [4.78, 5) is 25.6. The lowest BCUT2D eigenvalue weighted by atomic mass is 10.1. The minimum atomic E-state index is -0.476. The van der Waals surface area contributed by atoms with Gasteiger partial charge in [-0.1, -0.05) is 18.2 Å². The monoisotopic (exact) mass is 229 g/mol. The summed E-state index contributed by atoms with van der Waals surface area (Å²) in [5, 5.41) is 5.90. The highest BCUT2D eigenvalue weighted by atomic mass is 16.2. The van der Waals surface area contributed by atoms with E-state index in [2.05, 4.69) is 15.6 Å². The van der Waals surface area contributed by atoms with E-state index < -0.39 is 12.1 Å². The van der Waals surface area contributed by atoms with Gasteiger partial charge in [0.25, 0.3) is 5.91 Å². The van der Waals surface area contributed by atoms with Crippen molar-refractivity contribution >= 4 is 22.8 Å². The lowest BCUT2D eigenvalue weighted by molar-refractivity contribution is -0.120. The molecule has 3 N–H and O–H groups in total. The van der Waals surface area contributed by atoms with Crippen LogP contribution < -0.4 is 10.6 Å². The number of imide groups is 1. The van der Waals surface area contributed by atoms with E-state index in [4.69, 9.17) is 0 Å². The Bertz CT molecular complexity index is 570. The van der Waals surface area contributed by atoms with Crippen molar-refractivity contribution in [3.8, 4) is 0 Å². The normalized spacial score (nSPS) is 19.4. The van der Waals surface area contributed by atoms with Gasteiger partial charge in [0.2, 0.25) is 0 Å². The number of hydrogen-bond donors (Lipinski definition) is 3.